The molecule has 2 aromatic rings. The fraction of sp³-hybridized carbons (Fsp3) is 0.176. The van der Waals surface area contributed by atoms with E-state index in [-0.39, 0.29) is 17.7 Å². The summed E-state index contributed by atoms with van der Waals surface area (Å²) in [7, 11) is 0. The molecule has 0 aliphatic heterocycles. The largest absolute Gasteiger partial charge is 0.481 e. The Morgan fingerprint density at radius 3 is 1.92 bits per heavy atom. The second kappa shape index (κ2) is 7.11. The standard InChI is InChI=1S/C17H12F5NO3/c1-2-7(17(25)26)8-4-3-6(5-9(8)23)16(24)10-11(18)13(20)15(22)14(21)12(10)19/h3-5,7H,2,23H2,1H3,(H,25,26). The van der Waals surface area contributed by atoms with Crippen LogP contribution >= 0.6 is 0 Å². The van der Waals surface area contributed by atoms with Crippen molar-refractivity contribution >= 4 is 17.4 Å². The number of hydrogen-bond acceptors (Lipinski definition) is 3. The summed E-state index contributed by atoms with van der Waals surface area (Å²) in [5.74, 6) is -15.0. The normalized spacial score (nSPS) is 12.1. The van der Waals surface area contributed by atoms with Gasteiger partial charge in [0.15, 0.2) is 29.1 Å². The number of carboxylic acid groups (broad SMARTS) is 1. The number of ketones is 1. The lowest BCUT2D eigenvalue weighted by atomic mass is 9.92. The Hall–Kier alpha value is -2.97. The zero-order valence-electron chi connectivity index (χ0n) is 13.2. The Balaban J connectivity index is 2.56. The lowest BCUT2D eigenvalue weighted by Crippen LogP contribution is -2.15. The van der Waals surface area contributed by atoms with Crippen molar-refractivity contribution in [2.24, 2.45) is 0 Å². The van der Waals surface area contributed by atoms with E-state index in [2.05, 4.69) is 0 Å². The second-order valence-electron chi connectivity index (χ2n) is 5.42. The highest BCUT2D eigenvalue weighted by molar-refractivity contribution is 6.10. The number of nitrogens with two attached hydrogens (primary N) is 1. The molecule has 0 saturated heterocycles. The SMILES string of the molecule is CCC(C(=O)O)c1ccc(C(=O)c2c(F)c(F)c(F)c(F)c2F)cc1N. The second-order valence-corrected chi connectivity index (χ2v) is 5.42. The van der Waals surface area contributed by atoms with E-state index in [0.717, 1.165) is 18.2 Å². The van der Waals surface area contributed by atoms with Crippen LogP contribution in [0.1, 0.15) is 40.7 Å². The Morgan fingerprint density at radius 1 is 1.00 bits per heavy atom. The van der Waals surface area contributed by atoms with Gasteiger partial charge in [0.05, 0.1) is 5.92 Å². The van der Waals surface area contributed by atoms with Crippen molar-refractivity contribution < 1.29 is 36.6 Å². The molecule has 2 aromatic carbocycles. The highest BCUT2D eigenvalue weighted by Gasteiger charge is 2.30. The zero-order chi connectivity index (χ0) is 19.8. The first-order valence-corrected chi connectivity index (χ1v) is 7.30. The van der Waals surface area contributed by atoms with Gasteiger partial charge in [-0.15, -0.1) is 0 Å². The molecule has 0 radical (unpaired) electrons. The van der Waals surface area contributed by atoms with Crippen molar-refractivity contribution in [2.75, 3.05) is 5.73 Å². The third-order valence-corrected chi connectivity index (χ3v) is 3.87. The molecule has 0 heterocycles. The molecule has 26 heavy (non-hydrogen) atoms. The number of benzene rings is 2. The van der Waals surface area contributed by atoms with E-state index in [1.807, 2.05) is 0 Å². The smallest absolute Gasteiger partial charge is 0.311 e. The lowest BCUT2D eigenvalue weighted by molar-refractivity contribution is -0.138. The van der Waals surface area contributed by atoms with Crippen LogP contribution in [0.2, 0.25) is 0 Å². The summed E-state index contributed by atoms with van der Waals surface area (Å²) in [5.41, 5.74) is 3.64. The van der Waals surface area contributed by atoms with E-state index in [1.54, 1.807) is 6.92 Å². The molecule has 0 aliphatic rings. The summed E-state index contributed by atoms with van der Waals surface area (Å²) >= 11 is 0. The van der Waals surface area contributed by atoms with Gasteiger partial charge in [0.1, 0.15) is 5.56 Å². The maximum absolute atomic E-state index is 13.8. The molecule has 9 heteroatoms. The van der Waals surface area contributed by atoms with Crippen molar-refractivity contribution in [2.45, 2.75) is 19.3 Å². The van der Waals surface area contributed by atoms with Gasteiger partial charge < -0.3 is 10.8 Å². The maximum atomic E-state index is 13.8. The Morgan fingerprint density at radius 2 is 1.50 bits per heavy atom. The maximum Gasteiger partial charge on any atom is 0.311 e. The third-order valence-electron chi connectivity index (χ3n) is 3.87. The van der Waals surface area contributed by atoms with E-state index in [4.69, 9.17) is 10.8 Å². The highest BCUT2D eigenvalue weighted by atomic mass is 19.2. The van der Waals surface area contributed by atoms with Crippen LogP contribution in [0.3, 0.4) is 0 Å². The predicted octanol–water partition coefficient (Wildman–Crippen LogP) is 3.77. The topological polar surface area (TPSA) is 80.4 Å². The van der Waals surface area contributed by atoms with E-state index in [9.17, 15) is 31.5 Å². The van der Waals surface area contributed by atoms with Gasteiger partial charge in [-0.1, -0.05) is 19.1 Å². The number of carbonyl (C=O) groups excluding carboxylic acids is 1. The molecule has 1 atom stereocenters. The molecule has 0 spiro atoms. The monoisotopic (exact) mass is 373 g/mol. The number of carbonyl (C=O) groups is 2. The van der Waals surface area contributed by atoms with Crippen LogP contribution in [-0.4, -0.2) is 16.9 Å². The van der Waals surface area contributed by atoms with Crippen LogP contribution in [-0.2, 0) is 4.79 Å². The molecular formula is C17H12F5NO3. The minimum atomic E-state index is -2.38. The number of halogens is 5. The number of aliphatic carboxylic acids is 1. The number of nitrogen functional groups attached to an aromatic ring is 1. The highest BCUT2D eigenvalue weighted by Crippen LogP contribution is 2.29. The van der Waals surface area contributed by atoms with Gasteiger partial charge >= 0.3 is 5.97 Å². The molecule has 1 unspecified atom stereocenters. The van der Waals surface area contributed by atoms with Gasteiger partial charge in [0.25, 0.3) is 0 Å². The number of carboxylic acids is 1. The minimum absolute atomic E-state index is 0.158. The van der Waals surface area contributed by atoms with Crippen molar-refractivity contribution in [1.29, 1.82) is 0 Å². The quantitative estimate of drug-likeness (QED) is 0.275. The summed E-state index contributed by atoms with van der Waals surface area (Å²) in [6, 6.07) is 3.11. The summed E-state index contributed by atoms with van der Waals surface area (Å²) in [5, 5.41) is 9.13. The molecule has 4 nitrogen and oxygen atoms in total. The van der Waals surface area contributed by atoms with Crippen LogP contribution in [0.5, 0.6) is 0 Å². The van der Waals surface area contributed by atoms with Crippen molar-refractivity contribution in [3.05, 3.63) is 64.0 Å². The summed E-state index contributed by atoms with van der Waals surface area (Å²) in [6.07, 6.45) is 0.185. The van der Waals surface area contributed by atoms with Gasteiger partial charge in [0, 0.05) is 11.3 Å². The van der Waals surface area contributed by atoms with Gasteiger partial charge in [-0.3, -0.25) is 9.59 Å². The average Bonchev–Trinajstić information content (AvgIpc) is 2.60. The molecule has 0 saturated carbocycles. The van der Waals surface area contributed by atoms with Crippen molar-refractivity contribution in [1.82, 2.24) is 0 Å². The first-order chi connectivity index (χ1) is 12.1. The predicted molar refractivity (Wildman–Crippen MR) is 81.2 cm³/mol. The fourth-order valence-corrected chi connectivity index (χ4v) is 2.51. The van der Waals surface area contributed by atoms with Crippen LogP contribution in [0.25, 0.3) is 0 Å². The lowest BCUT2D eigenvalue weighted by Gasteiger charge is -2.14. The van der Waals surface area contributed by atoms with E-state index < -0.39 is 57.9 Å². The Kier molecular flexibility index (Phi) is 5.29. The Labute approximate surface area is 144 Å². The summed E-state index contributed by atoms with van der Waals surface area (Å²) in [6.45, 7) is 1.59. The zero-order valence-corrected chi connectivity index (χ0v) is 13.2. The summed E-state index contributed by atoms with van der Waals surface area (Å²) < 4.78 is 67.1. The minimum Gasteiger partial charge on any atom is -0.481 e. The molecule has 3 N–H and O–H groups in total. The first kappa shape index (κ1) is 19.4. The molecule has 138 valence electrons. The third kappa shape index (κ3) is 3.12. The number of anilines is 1. The van der Waals surface area contributed by atoms with E-state index in [0.29, 0.717) is 0 Å². The van der Waals surface area contributed by atoms with Crippen LogP contribution in [0.15, 0.2) is 18.2 Å². The van der Waals surface area contributed by atoms with Gasteiger partial charge in [-0.2, -0.15) is 0 Å². The summed E-state index contributed by atoms with van der Waals surface area (Å²) in [4.78, 5) is 23.4. The molecule has 0 fully saturated rings. The van der Waals surface area contributed by atoms with Gasteiger partial charge in [-0.05, 0) is 18.1 Å². The van der Waals surface area contributed by atoms with Crippen LogP contribution in [0.4, 0.5) is 27.6 Å². The van der Waals surface area contributed by atoms with Crippen LogP contribution < -0.4 is 5.73 Å². The van der Waals surface area contributed by atoms with Gasteiger partial charge in [-0.25, -0.2) is 22.0 Å². The van der Waals surface area contributed by atoms with Crippen molar-refractivity contribution in [3.8, 4) is 0 Å². The average molecular weight is 373 g/mol. The van der Waals surface area contributed by atoms with E-state index >= 15 is 0 Å². The molecular weight excluding hydrogens is 361 g/mol. The van der Waals surface area contributed by atoms with Gasteiger partial charge in [0.2, 0.25) is 5.82 Å². The number of hydrogen-bond donors (Lipinski definition) is 2. The molecule has 0 aromatic heterocycles. The van der Waals surface area contributed by atoms with E-state index in [1.165, 1.54) is 0 Å². The molecule has 0 amide bonds. The Bertz CT molecular complexity index is 885. The van der Waals surface area contributed by atoms with Crippen LogP contribution in [0, 0.1) is 29.1 Å². The molecule has 0 aliphatic carbocycles. The van der Waals surface area contributed by atoms with Crippen molar-refractivity contribution in [3.63, 3.8) is 0 Å². The molecule has 2 rings (SSSR count). The fourth-order valence-electron chi connectivity index (χ4n) is 2.51. The first-order valence-electron chi connectivity index (χ1n) is 7.30. The number of rotatable bonds is 5. The molecule has 0 bridgehead atoms.